The van der Waals surface area contributed by atoms with Gasteiger partial charge in [0.25, 0.3) is 0 Å². The van der Waals surface area contributed by atoms with Crippen molar-refractivity contribution >= 4 is 11.3 Å². The van der Waals surface area contributed by atoms with Crippen LogP contribution in [0.5, 0.6) is 0 Å². The molecule has 0 saturated heterocycles. The summed E-state index contributed by atoms with van der Waals surface area (Å²) in [6.07, 6.45) is 1.08. The van der Waals surface area contributed by atoms with E-state index in [1.165, 1.54) is 21.7 Å². The predicted octanol–water partition coefficient (Wildman–Crippen LogP) is 4.22. The number of aromatic nitrogens is 1. The van der Waals surface area contributed by atoms with Crippen molar-refractivity contribution < 1.29 is 0 Å². The minimum atomic E-state index is 0.475. The maximum atomic E-state index is 4.83. The lowest BCUT2D eigenvalue weighted by Gasteiger charge is -2.03. The highest BCUT2D eigenvalue weighted by Crippen LogP contribution is 2.31. The van der Waals surface area contributed by atoms with Gasteiger partial charge in [-0.15, -0.1) is 11.3 Å². The van der Waals surface area contributed by atoms with Crippen LogP contribution in [0.3, 0.4) is 0 Å². The Morgan fingerprint density at radius 2 is 1.89 bits per heavy atom. The number of nitrogens with zero attached hydrogens (tertiary/aromatic N) is 1. The van der Waals surface area contributed by atoms with Gasteiger partial charge in [0.1, 0.15) is 5.01 Å². The Hall–Kier alpha value is -1.19. The van der Waals surface area contributed by atoms with Crippen molar-refractivity contribution in [3.8, 4) is 10.6 Å². The van der Waals surface area contributed by atoms with Gasteiger partial charge in [-0.05, 0) is 24.9 Å². The molecule has 2 aromatic rings. The van der Waals surface area contributed by atoms with Crippen LogP contribution < -0.4 is 5.32 Å². The van der Waals surface area contributed by atoms with Gasteiger partial charge in [0.2, 0.25) is 0 Å². The number of hydrogen-bond donors (Lipinski definition) is 1. The normalized spacial score (nSPS) is 11.2. The van der Waals surface area contributed by atoms with Crippen LogP contribution in [0.4, 0.5) is 0 Å². The van der Waals surface area contributed by atoms with Crippen LogP contribution in [0.25, 0.3) is 10.6 Å². The van der Waals surface area contributed by atoms with E-state index in [1.807, 2.05) is 7.05 Å². The highest BCUT2D eigenvalue weighted by atomic mass is 32.1. The molecule has 102 valence electrons. The summed E-state index contributed by atoms with van der Waals surface area (Å²) in [7, 11) is 1.99. The predicted molar refractivity (Wildman–Crippen MR) is 83.8 cm³/mol. The first kappa shape index (κ1) is 14.2. The molecule has 0 atom stereocenters. The molecule has 1 aromatic heterocycles. The molecule has 0 aliphatic rings. The fourth-order valence-corrected chi connectivity index (χ4v) is 3.34. The van der Waals surface area contributed by atoms with Crippen molar-refractivity contribution in [3.63, 3.8) is 0 Å². The van der Waals surface area contributed by atoms with E-state index in [4.69, 9.17) is 4.98 Å². The van der Waals surface area contributed by atoms with Crippen molar-refractivity contribution in [1.29, 1.82) is 0 Å². The summed E-state index contributed by atoms with van der Waals surface area (Å²) in [5, 5.41) is 4.37. The minimum absolute atomic E-state index is 0.475. The molecule has 0 unspecified atom stereocenters. The van der Waals surface area contributed by atoms with Gasteiger partial charge in [-0.1, -0.05) is 45.0 Å². The van der Waals surface area contributed by atoms with Gasteiger partial charge >= 0.3 is 0 Å². The van der Waals surface area contributed by atoms with Gasteiger partial charge in [0, 0.05) is 17.0 Å². The second kappa shape index (κ2) is 6.31. The van der Waals surface area contributed by atoms with Gasteiger partial charge in [-0.2, -0.15) is 0 Å². The maximum absolute atomic E-state index is 4.83. The molecular formula is C16H22N2S. The largest absolute Gasteiger partial charge is 0.315 e. The molecule has 1 N–H and O–H groups in total. The maximum Gasteiger partial charge on any atom is 0.123 e. The number of rotatable bonds is 5. The fraction of sp³-hybridized carbons (Fsp3) is 0.438. The van der Waals surface area contributed by atoms with E-state index >= 15 is 0 Å². The Morgan fingerprint density at radius 1 is 1.21 bits per heavy atom. The van der Waals surface area contributed by atoms with Crippen LogP contribution in [0.15, 0.2) is 24.3 Å². The number of thiazole rings is 1. The molecular weight excluding hydrogens is 252 g/mol. The van der Waals surface area contributed by atoms with Crippen molar-refractivity contribution in [3.05, 3.63) is 40.4 Å². The highest BCUT2D eigenvalue weighted by Gasteiger charge is 2.14. The molecule has 0 amide bonds. The lowest BCUT2D eigenvalue weighted by atomic mass is 10.1. The molecule has 2 nitrogen and oxygen atoms in total. The third kappa shape index (κ3) is 3.23. The molecule has 3 heteroatoms. The summed E-state index contributed by atoms with van der Waals surface area (Å²) in [5.41, 5.74) is 3.83. The minimum Gasteiger partial charge on any atom is -0.315 e. The second-order valence-electron chi connectivity index (χ2n) is 5.06. The Morgan fingerprint density at radius 3 is 2.42 bits per heavy atom. The summed E-state index contributed by atoms with van der Waals surface area (Å²) >= 11 is 1.81. The van der Waals surface area contributed by atoms with E-state index in [9.17, 15) is 0 Å². The summed E-state index contributed by atoms with van der Waals surface area (Å²) in [6.45, 7) is 7.49. The Balaban J connectivity index is 2.35. The molecule has 0 aliphatic heterocycles. The fourth-order valence-electron chi connectivity index (χ4n) is 2.11. The Labute approximate surface area is 119 Å². The SMILES string of the molecule is CCc1ccc(-c2nc(C(C)C)c(CNC)s2)cc1. The first-order chi connectivity index (χ1) is 9.15. The zero-order valence-corrected chi connectivity index (χ0v) is 13.0. The van der Waals surface area contributed by atoms with E-state index in [2.05, 4.69) is 50.4 Å². The summed E-state index contributed by atoms with van der Waals surface area (Å²) in [5.74, 6) is 0.475. The molecule has 1 heterocycles. The quantitative estimate of drug-likeness (QED) is 0.883. The average Bonchev–Trinajstić information content (AvgIpc) is 2.83. The van der Waals surface area contributed by atoms with Crippen molar-refractivity contribution in [2.75, 3.05) is 7.05 Å². The summed E-state index contributed by atoms with van der Waals surface area (Å²) in [4.78, 5) is 6.19. The first-order valence-electron chi connectivity index (χ1n) is 6.89. The monoisotopic (exact) mass is 274 g/mol. The van der Waals surface area contributed by atoms with Crippen molar-refractivity contribution in [1.82, 2.24) is 10.3 Å². The van der Waals surface area contributed by atoms with Crippen LogP contribution >= 0.6 is 11.3 Å². The van der Waals surface area contributed by atoms with Gasteiger partial charge in [-0.25, -0.2) is 4.98 Å². The van der Waals surface area contributed by atoms with E-state index in [-0.39, 0.29) is 0 Å². The van der Waals surface area contributed by atoms with Gasteiger partial charge in [-0.3, -0.25) is 0 Å². The molecule has 0 radical (unpaired) electrons. The smallest absolute Gasteiger partial charge is 0.123 e. The second-order valence-corrected chi connectivity index (χ2v) is 6.15. The lowest BCUT2D eigenvalue weighted by molar-refractivity contribution is 0.771. The van der Waals surface area contributed by atoms with Gasteiger partial charge < -0.3 is 5.32 Å². The van der Waals surface area contributed by atoms with Gasteiger partial charge in [0.15, 0.2) is 0 Å². The number of benzene rings is 1. The van der Waals surface area contributed by atoms with E-state index in [0.717, 1.165) is 18.0 Å². The summed E-state index contributed by atoms with van der Waals surface area (Å²) < 4.78 is 0. The van der Waals surface area contributed by atoms with Crippen molar-refractivity contribution in [2.24, 2.45) is 0 Å². The number of nitrogens with one attached hydrogen (secondary N) is 1. The van der Waals surface area contributed by atoms with Crippen LogP contribution in [0, 0.1) is 0 Å². The third-order valence-corrected chi connectivity index (χ3v) is 4.34. The molecule has 0 aliphatic carbocycles. The van der Waals surface area contributed by atoms with Gasteiger partial charge in [0.05, 0.1) is 5.69 Å². The Bertz CT molecular complexity index is 526. The molecule has 0 saturated carbocycles. The van der Waals surface area contributed by atoms with Crippen LogP contribution in [0.2, 0.25) is 0 Å². The number of hydrogen-bond acceptors (Lipinski definition) is 3. The summed E-state index contributed by atoms with van der Waals surface area (Å²) in [6, 6.07) is 8.77. The zero-order chi connectivity index (χ0) is 13.8. The van der Waals surface area contributed by atoms with Crippen molar-refractivity contribution in [2.45, 2.75) is 39.7 Å². The molecule has 2 rings (SSSR count). The molecule has 1 aromatic carbocycles. The molecule has 0 spiro atoms. The van der Waals surface area contributed by atoms with Crippen LogP contribution in [-0.2, 0) is 13.0 Å². The Kier molecular flexibility index (Phi) is 4.72. The first-order valence-corrected chi connectivity index (χ1v) is 7.70. The van der Waals surface area contributed by atoms with E-state index in [0.29, 0.717) is 5.92 Å². The topological polar surface area (TPSA) is 24.9 Å². The average molecular weight is 274 g/mol. The lowest BCUT2D eigenvalue weighted by Crippen LogP contribution is -2.06. The van der Waals surface area contributed by atoms with Crippen LogP contribution in [0.1, 0.15) is 42.8 Å². The highest BCUT2D eigenvalue weighted by molar-refractivity contribution is 7.15. The zero-order valence-electron chi connectivity index (χ0n) is 12.2. The van der Waals surface area contributed by atoms with Crippen LogP contribution in [-0.4, -0.2) is 12.0 Å². The third-order valence-electron chi connectivity index (χ3n) is 3.22. The number of aryl methyl sites for hydroxylation is 1. The molecule has 0 fully saturated rings. The molecule has 19 heavy (non-hydrogen) atoms. The standard InChI is InChI=1S/C16H22N2S/c1-5-12-6-8-13(9-7-12)16-18-15(11(2)3)14(19-16)10-17-4/h6-9,11,17H,5,10H2,1-4H3. The van der Waals surface area contributed by atoms with E-state index < -0.39 is 0 Å². The molecule has 0 bridgehead atoms. The van der Waals surface area contributed by atoms with E-state index in [1.54, 1.807) is 11.3 Å².